The average Bonchev–Trinajstić information content (AvgIpc) is 2.38. The zero-order valence-electron chi connectivity index (χ0n) is 11.2. The summed E-state index contributed by atoms with van der Waals surface area (Å²) >= 11 is 3.25. The zero-order valence-corrected chi connectivity index (χ0v) is 12.8. The van der Waals surface area contributed by atoms with E-state index in [1.54, 1.807) is 6.92 Å². The van der Waals surface area contributed by atoms with Gasteiger partial charge in [-0.2, -0.15) is 0 Å². The molecule has 1 unspecified atom stereocenters. The predicted octanol–water partition coefficient (Wildman–Crippen LogP) is 2.97. The van der Waals surface area contributed by atoms with E-state index in [4.69, 9.17) is 5.11 Å². The van der Waals surface area contributed by atoms with Crippen LogP contribution in [0.3, 0.4) is 0 Å². The van der Waals surface area contributed by atoms with Crippen LogP contribution < -0.4 is 5.32 Å². The van der Waals surface area contributed by atoms with Crippen molar-refractivity contribution in [3.8, 4) is 0 Å². The highest BCUT2D eigenvalue weighted by atomic mass is 79.9. The van der Waals surface area contributed by atoms with Gasteiger partial charge in [-0.1, -0.05) is 13.3 Å². The lowest BCUT2D eigenvalue weighted by Gasteiger charge is -2.14. The molecule has 8 heteroatoms. The number of hydrogen-bond donors (Lipinski definition) is 2. The number of nitro groups is 1. The van der Waals surface area contributed by atoms with E-state index < -0.39 is 16.8 Å². The summed E-state index contributed by atoms with van der Waals surface area (Å²) in [6, 6.07) is 0. The topological polar surface area (TPSA) is 105 Å². The fourth-order valence-electron chi connectivity index (χ4n) is 1.76. The molecule has 1 aromatic rings. The number of anilines is 1. The molecule has 0 amide bonds. The molecule has 0 fully saturated rings. The minimum absolute atomic E-state index is 0.0780. The first-order valence-corrected chi connectivity index (χ1v) is 6.93. The van der Waals surface area contributed by atoms with Crippen molar-refractivity contribution >= 4 is 33.4 Å². The molecule has 1 rings (SSSR count). The number of rotatable bonds is 7. The minimum Gasteiger partial charge on any atom is -0.481 e. The standard InChI is InChI=1S/C12H16BrN3O4/c1-3-4-8(12(17)18)5-14-11-10(13)7(2)9(6-15-11)16(19)20/h6,8H,3-5H2,1-2H3,(H,14,15)(H,17,18). The molecule has 0 aromatic carbocycles. The van der Waals surface area contributed by atoms with Gasteiger partial charge in [0.15, 0.2) is 0 Å². The molecule has 1 atom stereocenters. The molecule has 1 heterocycles. The summed E-state index contributed by atoms with van der Waals surface area (Å²) in [6.07, 6.45) is 2.50. The molecule has 1 aromatic heterocycles. The Morgan fingerprint density at radius 1 is 1.65 bits per heavy atom. The maximum Gasteiger partial charge on any atom is 0.308 e. The first-order chi connectivity index (χ1) is 9.38. The highest BCUT2D eigenvalue weighted by Gasteiger charge is 2.20. The molecule has 110 valence electrons. The summed E-state index contributed by atoms with van der Waals surface area (Å²) in [4.78, 5) is 25.3. The van der Waals surface area contributed by atoms with Crippen LogP contribution in [-0.4, -0.2) is 27.5 Å². The molecule has 0 spiro atoms. The number of pyridine rings is 1. The summed E-state index contributed by atoms with van der Waals surface area (Å²) in [5.74, 6) is -0.964. The fraction of sp³-hybridized carbons (Fsp3) is 0.500. The first-order valence-electron chi connectivity index (χ1n) is 6.14. The van der Waals surface area contributed by atoms with E-state index >= 15 is 0 Å². The number of aliphatic carboxylic acids is 1. The van der Waals surface area contributed by atoms with Gasteiger partial charge < -0.3 is 10.4 Å². The molecule has 0 radical (unpaired) electrons. The maximum atomic E-state index is 11.0. The van der Waals surface area contributed by atoms with Gasteiger partial charge in [-0.25, -0.2) is 4.98 Å². The van der Waals surface area contributed by atoms with Crippen LogP contribution in [0, 0.1) is 23.0 Å². The van der Waals surface area contributed by atoms with Crippen molar-refractivity contribution in [2.75, 3.05) is 11.9 Å². The molecule has 7 nitrogen and oxygen atoms in total. The van der Waals surface area contributed by atoms with Crippen molar-refractivity contribution in [2.24, 2.45) is 5.92 Å². The molecule has 20 heavy (non-hydrogen) atoms. The van der Waals surface area contributed by atoms with Crippen LogP contribution in [0.15, 0.2) is 10.7 Å². The third kappa shape index (κ3) is 3.89. The summed E-state index contributed by atoms with van der Waals surface area (Å²) in [6.45, 7) is 3.75. The van der Waals surface area contributed by atoms with Gasteiger partial charge >= 0.3 is 5.97 Å². The number of nitrogens with one attached hydrogen (secondary N) is 1. The van der Waals surface area contributed by atoms with E-state index in [2.05, 4.69) is 26.2 Å². The van der Waals surface area contributed by atoms with Crippen molar-refractivity contribution in [3.05, 3.63) is 26.3 Å². The lowest BCUT2D eigenvalue weighted by molar-refractivity contribution is -0.385. The summed E-state index contributed by atoms with van der Waals surface area (Å²) < 4.78 is 0.479. The van der Waals surface area contributed by atoms with Crippen molar-refractivity contribution in [1.82, 2.24) is 4.98 Å². The van der Waals surface area contributed by atoms with E-state index in [0.29, 0.717) is 22.3 Å². The van der Waals surface area contributed by atoms with Crippen LogP contribution in [0.2, 0.25) is 0 Å². The quantitative estimate of drug-likeness (QED) is 0.581. The molecule has 0 aliphatic heterocycles. The van der Waals surface area contributed by atoms with Gasteiger partial charge in [0.05, 0.1) is 15.3 Å². The van der Waals surface area contributed by atoms with Crippen molar-refractivity contribution in [2.45, 2.75) is 26.7 Å². The molecule has 0 saturated heterocycles. The maximum absolute atomic E-state index is 11.0. The third-order valence-electron chi connectivity index (χ3n) is 2.94. The molecule has 0 saturated carbocycles. The smallest absolute Gasteiger partial charge is 0.308 e. The Kier molecular flexibility index (Phi) is 5.87. The van der Waals surface area contributed by atoms with E-state index in [9.17, 15) is 14.9 Å². The van der Waals surface area contributed by atoms with Gasteiger partial charge in [0.2, 0.25) is 0 Å². The van der Waals surface area contributed by atoms with Crippen LogP contribution in [-0.2, 0) is 4.79 Å². The van der Waals surface area contributed by atoms with E-state index in [1.807, 2.05) is 6.92 Å². The second-order valence-corrected chi connectivity index (χ2v) is 5.19. The number of aromatic nitrogens is 1. The lowest BCUT2D eigenvalue weighted by atomic mass is 10.0. The monoisotopic (exact) mass is 345 g/mol. The van der Waals surface area contributed by atoms with Crippen molar-refractivity contribution in [1.29, 1.82) is 0 Å². The fourth-order valence-corrected chi connectivity index (χ4v) is 2.20. The molecule has 0 bridgehead atoms. The second kappa shape index (κ2) is 7.18. The summed E-state index contributed by atoms with van der Waals surface area (Å²) in [5, 5.41) is 22.8. The largest absolute Gasteiger partial charge is 0.481 e. The summed E-state index contributed by atoms with van der Waals surface area (Å²) in [5.41, 5.74) is 0.376. The number of halogens is 1. The molecule has 0 aliphatic carbocycles. The Labute approximate surface area is 124 Å². The Balaban J connectivity index is 2.86. The number of carboxylic acids is 1. The van der Waals surface area contributed by atoms with E-state index in [0.717, 1.165) is 12.6 Å². The van der Waals surface area contributed by atoms with Crippen LogP contribution in [0.1, 0.15) is 25.3 Å². The van der Waals surface area contributed by atoms with Gasteiger partial charge in [-0.3, -0.25) is 14.9 Å². The average molecular weight is 346 g/mol. The van der Waals surface area contributed by atoms with Crippen LogP contribution in [0.25, 0.3) is 0 Å². The first kappa shape index (κ1) is 16.4. The number of carboxylic acid groups (broad SMARTS) is 1. The third-order valence-corrected chi connectivity index (χ3v) is 3.91. The highest BCUT2D eigenvalue weighted by molar-refractivity contribution is 9.10. The zero-order chi connectivity index (χ0) is 15.3. The Bertz CT molecular complexity index is 522. The van der Waals surface area contributed by atoms with Crippen LogP contribution >= 0.6 is 15.9 Å². The minimum atomic E-state index is -0.867. The molecule has 0 aliphatic rings. The molecule has 2 N–H and O–H groups in total. The van der Waals surface area contributed by atoms with Gasteiger partial charge in [0.25, 0.3) is 5.69 Å². The van der Waals surface area contributed by atoms with Gasteiger partial charge in [-0.05, 0) is 29.3 Å². The molecular weight excluding hydrogens is 330 g/mol. The number of carbonyl (C=O) groups is 1. The van der Waals surface area contributed by atoms with Gasteiger partial charge in [-0.15, -0.1) is 0 Å². The summed E-state index contributed by atoms with van der Waals surface area (Å²) in [7, 11) is 0. The number of nitrogens with zero attached hydrogens (tertiary/aromatic N) is 2. The lowest BCUT2D eigenvalue weighted by Crippen LogP contribution is -2.23. The van der Waals surface area contributed by atoms with E-state index in [1.165, 1.54) is 0 Å². The van der Waals surface area contributed by atoms with Crippen LogP contribution in [0.4, 0.5) is 11.5 Å². The highest BCUT2D eigenvalue weighted by Crippen LogP contribution is 2.30. The van der Waals surface area contributed by atoms with Crippen LogP contribution in [0.5, 0.6) is 0 Å². The Morgan fingerprint density at radius 2 is 2.30 bits per heavy atom. The number of hydrogen-bond acceptors (Lipinski definition) is 5. The SMILES string of the molecule is CCCC(CNc1ncc([N+](=O)[O-])c(C)c1Br)C(=O)O. The van der Waals surface area contributed by atoms with E-state index in [-0.39, 0.29) is 12.2 Å². The Morgan fingerprint density at radius 3 is 2.80 bits per heavy atom. The predicted molar refractivity (Wildman–Crippen MR) is 77.9 cm³/mol. The van der Waals surface area contributed by atoms with Gasteiger partial charge in [0.1, 0.15) is 12.0 Å². The molecular formula is C12H16BrN3O4. The van der Waals surface area contributed by atoms with Crippen molar-refractivity contribution in [3.63, 3.8) is 0 Å². The van der Waals surface area contributed by atoms with Gasteiger partial charge in [0, 0.05) is 12.1 Å². The normalized spacial score (nSPS) is 11.9. The second-order valence-electron chi connectivity index (χ2n) is 4.39. The van der Waals surface area contributed by atoms with Crippen molar-refractivity contribution < 1.29 is 14.8 Å². The Hall–Kier alpha value is -1.70.